The van der Waals surface area contributed by atoms with Gasteiger partial charge in [0.15, 0.2) is 11.7 Å². The quantitative estimate of drug-likeness (QED) is 0.151. The molecule has 0 radical (unpaired) electrons. The van der Waals surface area contributed by atoms with E-state index in [-0.39, 0.29) is 0 Å². The fraction of sp³-hybridized carbons (Fsp3) is 0.444. The number of oxazole rings is 1. The fourth-order valence-corrected chi connectivity index (χ4v) is 6.06. The number of thiophene rings is 1. The first-order chi connectivity index (χ1) is 26.3. The normalized spacial score (nSPS) is 9.43. The predicted octanol–water partition coefficient (Wildman–Crippen LogP) is 9.52. The van der Waals surface area contributed by atoms with Crippen LogP contribution in [-0.4, -0.2) is 65.0 Å². The van der Waals surface area contributed by atoms with Crippen LogP contribution in [0.15, 0.2) is 37.9 Å². The van der Waals surface area contributed by atoms with E-state index < -0.39 is 0 Å². The molecular weight excluding hydrogens is 791 g/mol. The van der Waals surface area contributed by atoms with E-state index in [2.05, 4.69) is 102 Å². The summed E-state index contributed by atoms with van der Waals surface area (Å²) in [5.74, 6) is 6.72. The smallest absolute Gasteiger partial charge is 0.223 e. The minimum Gasteiger partial charge on any atom is -0.446 e. The molecular formula is C36H53N13O3S4. The molecule has 0 saturated heterocycles. The van der Waals surface area contributed by atoms with Gasteiger partial charge in [-0.15, -0.1) is 54.4 Å². The molecule has 0 spiro atoms. The van der Waals surface area contributed by atoms with E-state index >= 15 is 0 Å². The molecule has 0 saturated carbocycles. The number of hydrogen-bond donors (Lipinski definition) is 1. The second kappa shape index (κ2) is 26.8. The van der Waals surface area contributed by atoms with Crippen LogP contribution in [0.2, 0.25) is 0 Å². The van der Waals surface area contributed by atoms with Gasteiger partial charge in [-0.3, -0.25) is 5.10 Å². The van der Waals surface area contributed by atoms with E-state index in [9.17, 15) is 0 Å². The highest BCUT2D eigenvalue weighted by Crippen LogP contribution is 2.12. The molecule has 304 valence electrons. The van der Waals surface area contributed by atoms with Gasteiger partial charge in [-0.2, -0.15) is 14.5 Å². The van der Waals surface area contributed by atoms with Gasteiger partial charge >= 0.3 is 0 Å². The van der Waals surface area contributed by atoms with Crippen LogP contribution in [0.25, 0.3) is 0 Å². The van der Waals surface area contributed by atoms with Crippen LogP contribution >= 0.6 is 45.5 Å². The van der Waals surface area contributed by atoms with Crippen molar-refractivity contribution in [3.8, 4) is 0 Å². The van der Waals surface area contributed by atoms with Crippen molar-refractivity contribution in [1.29, 1.82) is 0 Å². The van der Waals surface area contributed by atoms with E-state index in [4.69, 9.17) is 8.83 Å². The maximum absolute atomic E-state index is 4.97. The zero-order valence-corrected chi connectivity index (χ0v) is 38.3. The summed E-state index contributed by atoms with van der Waals surface area (Å²) in [7, 11) is 0. The molecule has 56 heavy (non-hydrogen) atoms. The van der Waals surface area contributed by atoms with Gasteiger partial charge < -0.3 is 13.4 Å². The summed E-state index contributed by atoms with van der Waals surface area (Å²) in [5.41, 5.74) is 0. The SMILES string of the molecule is Cc1ccc(C)s1.Cc1cnc(C)o1.Cc1cnc(C)s1.Cc1n[nH]c(C)n1.Cc1nnc(C)o1.Cc1nnc(C)s1.Cc1noc(C)n1.Cc1nsc(C)n1. The van der Waals surface area contributed by atoms with Crippen molar-refractivity contribution in [3.63, 3.8) is 0 Å². The molecule has 8 aromatic rings. The Bertz CT molecular complexity index is 1600. The minimum absolute atomic E-state index is 0.623. The Labute approximate surface area is 344 Å². The second-order valence-electron chi connectivity index (χ2n) is 11.5. The first kappa shape index (κ1) is 49.1. The first-order valence-corrected chi connectivity index (χ1v) is 20.3. The molecule has 0 fully saturated rings. The van der Waals surface area contributed by atoms with Crippen LogP contribution < -0.4 is 0 Å². The third-order valence-electron chi connectivity index (χ3n) is 5.57. The lowest BCUT2D eigenvalue weighted by Crippen LogP contribution is -1.70. The number of aromatic nitrogens is 13. The number of aryl methyl sites for hydroxylation is 16. The molecule has 8 heterocycles. The number of nitrogens with zero attached hydrogens (tertiary/aromatic N) is 12. The molecule has 0 aliphatic rings. The van der Waals surface area contributed by atoms with Crippen molar-refractivity contribution in [1.82, 2.24) is 65.0 Å². The summed E-state index contributed by atoms with van der Waals surface area (Å²) in [6.45, 7) is 30.6. The lowest BCUT2D eigenvalue weighted by molar-refractivity contribution is 0.389. The third kappa shape index (κ3) is 25.2. The summed E-state index contributed by atoms with van der Waals surface area (Å²) in [6.07, 6.45) is 3.59. The van der Waals surface area contributed by atoms with Gasteiger partial charge in [0.05, 0.1) is 11.2 Å². The van der Waals surface area contributed by atoms with Gasteiger partial charge in [0.1, 0.15) is 38.3 Å². The molecule has 0 aromatic carbocycles. The van der Waals surface area contributed by atoms with Crippen LogP contribution in [0.5, 0.6) is 0 Å². The Hall–Kier alpha value is -4.92. The second-order valence-corrected chi connectivity index (χ2v) is 16.8. The van der Waals surface area contributed by atoms with Crippen molar-refractivity contribution in [2.24, 2.45) is 0 Å². The molecule has 0 aliphatic carbocycles. The van der Waals surface area contributed by atoms with Crippen LogP contribution in [0, 0.1) is 111 Å². The molecule has 0 aliphatic heterocycles. The predicted molar refractivity (Wildman–Crippen MR) is 224 cm³/mol. The van der Waals surface area contributed by atoms with Gasteiger partial charge in [-0.05, 0) is 107 Å². The molecule has 0 atom stereocenters. The Morgan fingerprint density at radius 1 is 0.482 bits per heavy atom. The summed E-state index contributed by atoms with van der Waals surface area (Å²) in [6, 6.07) is 4.28. The molecule has 1 N–H and O–H groups in total. The van der Waals surface area contributed by atoms with Crippen LogP contribution in [0.3, 0.4) is 0 Å². The zero-order chi connectivity index (χ0) is 42.2. The number of H-pyrrole nitrogens is 1. The number of hydrogen-bond acceptors (Lipinski definition) is 19. The number of rotatable bonds is 0. The maximum Gasteiger partial charge on any atom is 0.223 e. The molecule has 16 nitrogen and oxygen atoms in total. The van der Waals surface area contributed by atoms with Crippen molar-refractivity contribution < 1.29 is 13.4 Å². The highest BCUT2D eigenvalue weighted by atomic mass is 32.1. The Morgan fingerprint density at radius 3 is 1.23 bits per heavy atom. The van der Waals surface area contributed by atoms with Crippen LogP contribution in [0.4, 0.5) is 0 Å². The Kier molecular flexibility index (Phi) is 23.5. The minimum atomic E-state index is 0.623. The monoisotopic (exact) mass is 843 g/mol. The molecule has 8 aromatic heterocycles. The zero-order valence-electron chi connectivity index (χ0n) is 35.0. The third-order valence-corrected chi connectivity index (χ3v) is 8.78. The number of nitrogens with one attached hydrogen (secondary N) is 1. The first-order valence-electron chi connectivity index (χ1n) is 17.0. The van der Waals surface area contributed by atoms with Crippen LogP contribution in [-0.2, 0) is 0 Å². The average molecular weight is 844 g/mol. The topological polar surface area (TPSA) is 210 Å². The summed E-state index contributed by atoms with van der Waals surface area (Å²) in [5, 5.41) is 29.1. The van der Waals surface area contributed by atoms with Crippen molar-refractivity contribution in [2.45, 2.75) is 111 Å². The maximum atomic E-state index is 4.97. The molecule has 0 amide bonds. The number of thiazole rings is 1. The van der Waals surface area contributed by atoms with Gasteiger partial charge in [0.2, 0.25) is 17.7 Å². The van der Waals surface area contributed by atoms with Gasteiger partial charge in [0.25, 0.3) is 0 Å². The fourth-order valence-electron chi connectivity index (χ4n) is 3.54. The van der Waals surface area contributed by atoms with E-state index in [0.717, 1.165) is 49.2 Å². The molecule has 20 heteroatoms. The summed E-state index contributed by atoms with van der Waals surface area (Å²) in [4.78, 5) is 23.8. The van der Waals surface area contributed by atoms with Gasteiger partial charge in [0, 0.05) is 48.5 Å². The van der Waals surface area contributed by atoms with E-state index in [1.54, 1.807) is 56.6 Å². The standard InChI is InChI=1S/C6H8S.C5H7NO.C5H7NS.C4H7N3.2C4H6N2O.2C4H6N2S/c1-5-3-4-6(2)7-5;2*1-4-3-6-5(2)7-4;1-3-5-4(2)7-6-3;1-3-5-6-4(2)7-3;1-3-5-4(2)7-6-3;1-3-5-6-4(2)7-3;1-3-5-4(2)7-6-3/h3-4H,1-2H3;2*3H,1-2H3;1-2H3,(H,5,6,7);4*1-2H3. The lowest BCUT2D eigenvalue weighted by atomic mass is 10.5. The van der Waals surface area contributed by atoms with E-state index in [1.165, 1.54) is 26.2 Å². The van der Waals surface area contributed by atoms with Crippen molar-refractivity contribution in [2.75, 3.05) is 0 Å². The van der Waals surface area contributed by atoms with Gasteiger partial charge in [-0.1, -0.05) is 5.16 Å². The molecule has 0 bridgehead atoms. The van der Waals surface area contributed by atoms with Crippen molar-refractivity contribution >= 4 is 45.5 Å². The van der Waals surface area contributed by atoms with Gasteiger partial charge in [-0.25, -0.2) is 19.9 Å². The Balaban J connectivity index is 0.000000320. The highest BCUT2D eigenvalue weighted by molar-refractivity contribution is 7.12. The molecule has 8 rings (SSSR count). The summed E-state index contributed by atoms with van der Waals surface area (Å²) < 4.78 is 18.4. The van der Waals surface area contributed by atoms with E-state index in [1.807, 2.05) is 79.8 Å². The number of aromatic amines is 1. The lowest BCUT2D eigenvalue weighted by Gasteiger charge is -1.73. The summed E-state index contributed by atoms with van der Waals surface area (Å²) >= 11 is 6.64. The highest BCUT2D eigenvalue weighted by Gasteiger charge is 1.92. The average Bonchev–Trinajstić information content (AvgIpc) is 4.00. The van der Waals surface area contributed by atoms with Crippen molar-refractivity contribution in [3.05, 3.63) is 112 Å². The molecule has 0 unspecified atom stereocenters. The largest absolute Gasteiger partial charge is 0.446 e. The van der Waals surface area contributed by atoms with E-state index in [0.29, 0.717) is 23.5 Å². The van der Waals surface area contributed by atoms with Crippen LogP contribution in [0.1, 0.15) is 87.3 Å². The Morgan fingerprint density at radius 2 is 1.09 bits per heavy atom.